The molecule has 15 heteroatoms. The number of alkyl carbamates (subject to hydrolysis) is 1. The summed E-state index contributed by atoms with van der Waals surface area (Å²) in [5.41, 5.74) is 4.30. The standard InChI is InChI=1S/C44H57N9O6/c1-43(2,3)58-41(56)45-28-30-9-13-34(14-10-30)39(54)47-37(40(55)46-35-19-15-33(16-20-35)38-48-50-51-49-38)27-29-7-11-31(12-8-29)32-17-21-36(22-18-32)52-23-25-53(26-24-52)42(57)59-44(4,5)6/h7-8,11-12,15-22,30,34,37H,9-10,13-14,23-28H2,1-6H3,(H,45,56)(H,46,55)(H,47,54)(H,48,49,50,51). The Bertz CT molecular complexity index is 2010. The van der Waals surface area contributed by atoms with Crippen LogP contribution in [0.2, 0.25) is 0 Å². The summed E-state index contributed by atoms with van der Waals surface area (Å²) in [4.78, 5) is 56.3. The molecule has 0 bridgehead atoms. The molecule has 1 atom stereocenters. The molecule has 314 valence electrons. The minimum absolute atomic E-state index is 0.154. The lowest BCUT2D eigenvalue weighted by Crippen LogP contribution is -2.50. The number of aromatic nitrogens is 4. The number of amides is 4. The third kappa shape index (κ3) is 12.5. The molecule has 0 spiro atoms. The van der Waals surface area contributed by atoms with E-state index in [9.17, 15) is 19.2 Å². The number of hydrogen-bond donors (Lipinski definition) is 4. The lowest BCUT2D eigenvalue weighted by atomic mass is 9.81. The molecule has 2 fully saturated rings. The second-order valence-electron chi connectivity index (χ2n) is 17.4. The number of hydrogen-bond acceptors (Lipinski definition) is 10. The zero-order valence-corrected chi connectivity index (χ0v) is 34.9. The van der Waals surface area contributed by atoms with Gasteiger partial charge in [0.05, 0.1) is 0 Å². The fourth-order valence-electron chi connectivity index (χ4n) is 7.29. The van der Waals surface area contributed by atoms with Gasteiger partial charge < -0.3 is 35.2 Å². The molecule has 1 aliphatic heterocycles. The van der Waals surface area contributed by atoms with Gasteiger partial charge >= 0.3 is 12.2 Å². The summed E-state index contributed by atoms with van der Waals surface area (Å²) in [5.74, 6) is -0.0292. The van der Waals surface area contributed by atoms with Crippen LogP contribution in [0.3, 0.4) is 0 Å². The maximum atomic E-state index is 13.9. The highest BCUT2D eigenvalue weighted by Gasteiger charge is 2.31. The zero-order valence-electron chi connectivity index (χ0n) is 34.9. The molecule has 1 saturated carbocycles. The Kier molecular flexibility index (Phi) is 13.5. The number of H-pyrrole nitrogens is 1. The summed E-state index contributed by atoms with van der Waals surface area (Å²) < 4.78 is 10.9. The van der Waals surface area contributed by atoms with Crippen LogP contribution in [0.1, 0.15) is 72.8 Å². The molecule has 2 aliphatic rings. The molecule has 1 saturated heterocycles. The van der Waals surface area contributed by atoms with E-state index in [0.717, 1.165) is 53.9 Å². The highest BCUT2D eigenvalue weighted by Crippen LogP contribution is 2.30. The van der Waals surface area contributed by atoms with E-state index in [4.69, 9.17) is 9.47 Å². The number of nitrogens with one attached hydrogen (secondary N) is 4. The molecule has 1 unspecified atom stereocenters. The van der Waals surface area contributed by atoms with Gasteiger partial charge in [-0.1, -0.05) is 36.4 Å². The van der Waals surface area contributed by atoms with Crippen molar-refractivity contribution in [1.82, 2.24) is 36.2 Å². The first-order valence-corrected chi connectivity index (χ1v) is 20.4. The van der Waals surface area contributed by atoms with Gasteiger partial charge in [-0.15, -0.1) is 10.2 Å². The number of nitrogens with zero attached hydrogens (tertiary/aromatic N) is 5. The Morgan fingerprint density at radius 2 is 1.36 bits per heavy atom. The second-order valence-corrected chi connectivity index (χ2v) is 17.4. The van der Waals surface area contributed by atoms with Crippen LogP contribution in [0, 0.1) is 11.8 Å². The van der Waals surface area contributed by atoms with Crippen LogP contribution in [0.15, 0.2) is 72.8 Å². The van der Waals surface area contributed by atoms with E-state index in [1.165, 1.54) is 0 Å². The van der Waals surface area contributed by atoms with Gasteiger partial charge in [0, 0.05) is 62.0 Å². The van der Waals surface area contributed by atoms with Crippen LogP contribution in [-0.2, 0) is 25.5 Å². The number of benzene rings is 3. The molecular weight excluding hydrogens is 751 g/mol. The van der Waals surface area contributed by atoms with Crippen molar-refractivity contribution in [3.8, 4) is 22.5 Å². The van der Waals surface area contributed by atoms with Gasteiger partial charge in [-0.2, -0.15) is 5.21 Å². The van der Waals surface area contributed by atoms with E-state index in [1.54, 1.807) is 29.2 Å². The summed E-state index contributed by atoms with van der Waals surface area (Å²) in [6.45, 7) is 14.2. The van der Waals surface area contributed by atoms with Crippen molar-refractivity contribution in [2.75, 3.05) is 42.9 Å². The predicted octanol–water partition coefficient (Wildman–Crippen LogP) is 6.59. The first-order valence-electron chi connectivity index (χ1n) is 20.4. The molecular formula is C44H57N9O6. The highest BCUT2D eigenvalue weighted by atomic mass is 16.6. The van der Waals surface area contributed by atoms with E-state index in [1.807, 2.05) is 65.8 Å². The van der Waals surface area contributed by atoms with Crippen molar-refractivity contribution < 1.29 is 28.7 Å². The van der Waals surface area contributed by atoms with Gasteiger partial charge in [-0.05, 0) is 131 Å². The maximum Gasteiger partial charge on any atom is 0.410 e. The number of rotatable bonds is 11. The van der Waals surface area contributed by atoms with E-state index in [2.05, 4.69) is 65.7 Å². The Morgan fingerprint density at radius 3 is 1.93 bits per heavy atom. The van der Waals surface area contributed by atoms with Crippen LogP contribution in [0.25, 0.3) is 22.5 Å². The van der Waals surface area contributed by atoms with Gasteiger partial charge in [0.25, 0.3) is 0 Å². The Hall–Kier alpha value is -5.99. The minimum atomic E-state index is -0.827. The summed E-state index contributed by atoms with van der Waals surface area (Å²) >= 11 is 0. The summed E-state index contributed by atoms with van der Waals surface area (Å²) in [7, 11) is 0. The van der Waals surface area contributed by atoms with Crippen molar-refractivity contribution in [2.45, 2.75) is 90.9 Å². The summed E-state index contributed by atoms with van der Waals surface area (Å²) in [6.07, 6.45) is 2.47. The SMILES string of the molecule is CC(C)(C)OC(=O)NCC1CCC(C(=O)NC(Cc2ccc(-c3ccc(N4CCN(C(=O)OC(C)(C)C)CC4)cc3)cc2)C(=O)Nc2ccc(-c3nn[nH]n3)cc2)CC1. The van der Waals surface area contributed by atoms with Crippen molar-refractivity contribution in [3.63, 3.8) is 0 Å². The van der Waals surface area contributed by atoms with Gasteiger partial charge in [0.2, 0.25) is 17.6 Å². The molecule has 6 rings (SSSR count). The minimum Gasteiger partial charge on any atom is -0.444 e. The van der Waals surface area contributed by atoms with Crippen molar-refractivity contribution >= 4 is 35.4 Å². The third-order valence-corrected chi connectivity index (χ3v) is 10.4. The molecule has 1 aliphatic carbocycles. The fourth-order valence-corrected chi connectivity index (χ4v) is 7.29. The number of piperazine rings is 1. The first-order chi connectivity index (χ1) is 28.1. The predicted molar refractivity (Wildman–Crippen MR) is 225 cm³/mol. The second kappa shape index (κ2) is 18.7. The monoisotopic (exact) mass is 807 g/mol. The normalized spacial score (nSPS) is 17.7. The van der Waals surface area contributed by atoms with Gasteiger partial charge in [-0.3, -0.25) is 9.59 Å². The fraction of sp³-hybridized carbons (Fsp3) is 0.477. The van der Waals surface area contributed by atoms with E-state index >= 15 is 0 Å². The molecule has 4 aromatic rings. The van der Waals surface area contributed by atoms with Gasteiger partial charge in [-0.25, -0.2) is 9.59 Å². The quantitative estimate of drug-likeness (QED) is 0.129. The van der Waals surface area contributed by atoms with E-state index < -0.39 is 23.3 Å². The van der Waals surface area contributed by atoms with Crippen LogP contribution in [0.5, 0.6) is 0 Å². The van der Waals surface area contributed by atoms with Crippen molar-refractivity contribution in [1.29, 1.82) is 0 Å². The average molecular weight is 808 g/mol. The molecule has 3 aromatic carbocycles. The molecule has 0 radical (unpaired) electrons. The Labute approximate surface area is 346 Å². The highest BCUT2D eigenvalue weighted by molar-refractivity contribution is 5.97. The van der Waals surface area contributed by atoms with Crippen LogP contribution < -0.4 is 20.9 Å². The largest absolute Gasteiger partial charge is 0.444 e. The third-order valence-electron chi connectivity index (χ3n) is 10.4. The number of carbonyl (C=O) groups excluding carboxylic acids is 4. The number of carbonyl (C=O) groups is 4. The van der Waals surface area contributed by atoms with Crippen LogP contribution in [-0.4, -0.2) is 99.5 Å². The summed E-state index contributed by atoms with van der Waals surface area (Å²) in [6, 6.07) is 22.7. The molecule has 15 nitrogen and oxygen atoms in total. The molecule has 2 heterocycles. The lowest BCUT2D eigenvalue weighted by molar-refractivity contribution is -0.130. The number of anilines is 2. The molecule has 4 N–H and O–H groups in total. The van der Waals surface area contributed by atoms with Crippen LogP contribution >= 0.6 is 0 Å². The molecule has 1 aromatic heterocycles. The van der Waals surface area contributed by atoms with Crippen LogP contribution in [0.4, 0.5) is 21.0 Å². The Morgan fingerprint density at radius 1 is 0.763 bits per heavy atom. The van der Waals surface area contributed by atoms with Gasteiger partial charge in [0.1, 0.15) is 17.2 Å². The molecule has 59 heavy (non-hydrogen) atoms. The topological polar surface area (TPSA) is 184 Å². The first kappa shape index (κ1) is 42.6. The van der Waals surface area contributed by atoms with E-state index in [-0.39, 0.29) is 29.7 Å². The number of aromatic amines is 1. The lowest BCUT2D eigenvalue weighted by Gasteiger charge is -2.36. The maximum absolute atomic E-state index is 13.9. The van der Waals surface area contributed by atoms with E-state index in [0.29, 0.717) is 50.4 Å². The Balaban J connectivity index is 1.07. The molecule has 4 amide bonds. The number of tetrazole rings is 1. The zero-order chi connectivity index (χ0) is 42.2. The van der Waals surface area contributed by atoms with Crippen molar-refractivity contribution in [2.24, 2.45) is 11.8 Å². The average Bonchev–Trinajstić information content (AvgIpc) is 3.75. The number of ether oxygens (including phenoxy) is 2. The summed E-state index contributed by atoms with van der Waals surface area (Å²) in [5, 5.41) is 23.0. The van der Waals surface area contributed by atoms with Gasteiger partial charge in [0.15, 0.2) is 0 Å². The smallest absolute Gasteiger partial charge is 0.410 e. The van der Waals surface area contributed by atoms with Crippen molar-refractivity contribution in [3.05, 3.63) is 78.4 Å².